The maximum absolute atomic E-state index is 11.9. The van der Waals surface area contributed by atoms with Crippen LogP contribution in [0.1, 0.15) is 29.4 Å². The molecular weight excluding hydrogens is 298 g/mol. The summed E-state index contributed by atoms with van der Waals surface area (Å²) in [5, 5.41) is 0. The van der Waals surface area contributed by atoms with Gasteiger partial charge in [-0.15, -0.1) is 0 Å². The predicted molar refractivity (Wildman–Crippen MR) is 82.8 cm³/mol. The van der Waals surface area contributed by atoms with Crippen molar-refractivity contribution in [1.82, 2.24) is 9.55 Å². The van der Waals surface area contributed by atoms with Crippen LogP contribution >= 0.6 is 0 Å². The summed E-state index contributed by atoms with van der Waals surface area (Å²) >= 11 is 0. The van der Waals surface area contributed by atoms with Crippen LogP contribution in [-0.4, -0.2) is 28.2 Å². The zero-order chi connectivity index (χ0) is 16.2. The highest BCUT2D eigenvalue weighted by molar-refractivity contribution is 5.89. The van der Waals surface area contributed by atoms with Gasteiger partial charge in [0.25, 0.3) is 0 Å². The molecule has 1 fully saturated rings. The average molecular weight is 315 g/mol. The first kappa shape index (κ1) is 15.2. The molecule has 120 valence electrons. The molecule has 2 aromatic rings. The molecule has 7 heteroatoms. The minimum absolute atomic E-state index is 0.154. The summed E-state index contributed by atoms with van der Waals surface area (Å²) in [6.45, 7) is 0.154. The Morgan fingerprint density at radius 3 is 2.83 bits per heavy atom. The Kier molecular flexibility index (Phi) is 4.38. The van der Waals surface area contributed by atoms with Gasteiger partial charge in [0.05, 0.1) is 11.7 Å². The van der Waals surface area contributed by atoms with Gasteiger partial charge in [0, 0.05) is 6.20 Å². The molecule has 0 bridgehead atoms. The first-order chi connectivity index (χ1) is 11.1. The van der Waals surface area contributed by atoms with E-state index >= 15 is 0 Å². The number of nitrogens with two attached hydrogens (primary N) is 1. The third kappa shape index (κ3) is 3.57. The van der Waals surface area contributed by atoms with Gasteiger partial charge in [-0.25, -0.2) is 9.59 Å². The van der Waals surface area contributed by atoms with Crippen molar-refractivity contribution >= 4 is 11.8 Å². The normalized spacial score (nSPS) is 20.3. The van der Waals surface area contributed by atoms with Crippen molar-refractivity contribution in [2.75, 3.05) is 12.3 Å². The van der Waals surface area contributed by atoms with Gasteiger partial charge in [0.1, 0.15) is 18.7 Å². The van der Waals surface area contributed by atoms with Crippen LogP contribution in [0.15, 0.2) is 47.4 Å². The Labute approximate surface area is 132 Å². The smallest absolute Gasteiger partial charge is 0.351 e. The van der Waals surface area contributed by atoms with Gasteiger partial charge in [-0.2, -0.15) is 4.98 Å². The molecule has 1 aromatic carbocycles. The maximum atomic E-state index is 11.9. The Hall–Kier alpha value is -2.67. The molecule has 0 unspecified atom stereocenters. The zero-order valence-electron chi connectivity index (χ0n) is 12.4. The molecular formula is C16H17N3O4. The first-order valence-electron chi connectivity index (χ1n) is 7.36. The molecule has 2 heterocycles. The van der Waals surface area contributed by atoms with Gasteiger partial charge in [-0.05, 0) is 31.0 Å². The molecule has 0 spiro atoms. The molecule has 1 aromatic heterocycles. The van der Waals surface area contributed by atoms with Crippen molar-refractivity contribution < 1.29 is 14.3 Å². The lowest BCUT2D eigenvalue weighted by Gasteiger charge is -2.15. The van der Waals surface area contributed by atoms with Crippen LogP contribution in [0.25, 0.3) is 0 Å². The van der Waals surface area contributed by atoms with Crippen LogP contribution in [-0.2, 0) is 9.47 Å². The quantitative estimate of drug-likeness (QED) is 0.856. The van der Waals surface area contributed by atoms with Crippen LogP contribution in [0.4, 0.5) is 5.82 Å². The summed E-state index contributed by atoms with van der Waals surface area (Å²) in [6, 6.07) is 10.3. The van der Waals surface area contributed by atoms with Crippen molar-refractivity contribution in [2.24, 2.45) is 0 Å². The molecule has 0 amide bonds. The summed E-state index contributed by atoms with van der Waals surface area (Å²) in [5.74, 6) is -0.207. The molecule has 0 saturated carbocycles. The molecule has 23 heavy (non-hydrogen) atoms. The Balaban J connectivity index is 1.56. The van der Waals surface area contributed by atoms with Crippen LogP contribution in [0.3, 0.4) is 0 Å². The molecule has 0 aliphatic carbocycles. The fourth-order valence-electron chi connectivity index (χ4n) is 2.49. The third-order valence-electron chi connectivity index (χ3n) is 3.66. The average Bonchev–Trinajstić information content (AvgIpc) is 3.02. The standard InChI is InChI=1S/C16H17N3O4/c17-13-8-9-19(16(21)18-13)14-7-6-12(23-14)10-22-15(20)11-4-2-1-3-5-11/h1-5,8-9,12,14H,6-7,10H2,(H2,17,18,21)/t12-,14-/m0/s1. The van der Waals surface area contributed by atoms with E-state index in [2.05, 4.69) is 4.98 Å². The van der Waals surface area contributed by atoms with E-state index in [1.807, 2.05) is 6.07 Å². The molecule has 3 rings (SSSR count). The van der Waals surface area contributed by atoms with E-state index in [9.17, 15) is 9.59 Å². The van der Waals surface area contributed by atoms with Crippen LogP contribution in [0.5, 0.6) is 0 Å². The maximum Gasteiger partial charge on any atom is 0.351 e. The lowest BCUT2D eigenvalue weighted by molar-refractivity contribution is -0.0339. The predicted octanol–water partition coefficient (Wildman–Crippen LogP) is 1.36. The molecule has 2 N–H and O–H groups in total. The van der Waals surface area contributed by atoms with Crippen LogP contribution in [0, 0.1) is 0 Å². The van der Waals surface area contributed by atoms with E-state index in [-0.39, 0.29) is 24.5 Å². The summed E-state index contributed by atoms with van der Waals surface area (Å²) < 4.78 is 12.4. The lowest BCUT2D eigenvalue weighted by Crippen LogP contribution is -2.28. The Morgan fingerprint density at radius 1 is 1.30 bits per heavy atom. The van der Waals surface area contributed by atoms with E-state index in [1.165, 1.54) is 4.57 Å². The fourth-order valence-corrected chi connectivity index (χ4v) is 2.49. The second-order valence-electron chi connectivity index (χ2n) is 5.30. The largest absolute Gasteiger partial charge is 0.459 e. The number of nitrogen functional groups attached to an aromatic ring is 1. The zero-order valence-corrected chi connectivity index (χ0v) is 12.4. The Morgan fingerprint density at radius 2 is 2.09 bits per heavy atom. The van der Waals surface area contributed by atoms with Crippen molar-refractivity contribution in [1.29, 1.82) is 0 Å². The second-order valence-corrected chi connectivity index (χ2v) is 5.30. The summed E-state index contributed by atoms with van der Waals surface area (Å²) in [7, 11) is 0. The van der Waals surface area contributed by atoms with Crippen molar-refractivity contribution in [2.45, 2.75) is 25.2 Å². The molecule has 2 atom stereocenters. The van der Waals surface area contributed by atoms with E-state index in [4.69, 9.17) is 15.2 Å². The number of esters is 1. The van der Waals surface area contributed by atoms with E-state index in [0.29, 0.717) is 18.4 Å². The van der Waals surface area contributed by atoms with Gasteiger partial charge in [-0.1, -0.05) is 18.2 Å². The number of aromatic nitrogens is 2. The number of benzene rings is 1. The second kappa shape index (κ2) is 6.62. The van der Waals surface area contributed by atoms with Crippen LogP contribution < -0.4 is 11.4 Å². The molecule has 1 aliphatic rings. The SMILES string of the molecule is Nc1ccn([C@@H]2CC[C@@H](COC(=O)c3ccccc3)O2)c(=O)n1. The number of carbonyl (C=O) groups excluding carboxylic acids is 1. The number of carbonyl (C=O) groups is 1. The minimum atomic E-state index is -0.447. The third-order valence-corrected chi connectivity index (χ3v) is 3.66. The van der Waals surface area contributed by atoms with Crippen molar-refractivity contribution in [3.8, 4) is 0 Å². The monoisotopic (exact) mass is 315 g/mol. The summed E-state index contributed by atoms with van der Waals surface area (Å²) in [6.07, 6.45) is 2.27. The highest BCUT2D eigenvalue weighted by Gasteiger charge is 2.28. The van der Waals surface area contributed by atoms with Crippen molar-refractivity contribution in [3.63, 3.8) is 0 Å². The van der Waals surface area contributed by atoms with Crippen molar-refractivity contribution in [3.05, 3.63) is 58.6 Å². The number of anilines is 1. The van der Waals surface area contributed by atoms with Gasteiger partial charge >= 0.3 is 11.7 Å². The van der Waals surface area contributed by atoms with E-state index < -0.39 is 11.9 Å². The van der Waals surface area contributed by atoms with Gasteiger partial charge in [0.2, 0.25) is 0 Å². The molecule has 1 saturated heterocycles. The molecule has 0 radical (unpaired) electrons. The number of hydrogen-bond acceptors (Lipinski definition) is 6. The number of rotatable bonds is 4. The number of nitrogens with zero attached hydrogens (tertiary/aromatic N) is 2. The topological polar surface area (TPSA) is 96.4 Å². The first-order valence-corrected chi connectivity index (χ1v) is 7.36. The van der Waals surface area contributed by atoms with Gasteiger partial charge in [0.15, 0.2) is 0 Å². The minimum Gasteiger partial charge on any atom is -0.459 e. The number of ether oxygens (including phenoxy) is 2. The van der Waals surface area contributed by atoms with Gasteiger partial charge in [-0.3, -0.25) is 4.57 Å². The lowest BCUT2D eigenvalue weighted by atomic mass is 10.2. The van der Waals surface area contributed by atoms with Gasteiger partial charge < -0.3 is 15.2 Å². The van der Waals surface area contributed by atoms with E-state index in [0.717, 1.165) is 0 Å². The highest BCUT2D eigenvalue weighted by atomic mass is 16.6. The number of hydrogen-bond donors (Lipinski definition) is 1. The van der Waals surface area contributed by atoms with Crippen LogP contribution in [0.2, 0.25) is 0 Å². The Bertz CT molecular complexity index is 744. The summed E-state index contributed by atoms with van der Waals surface area (Å²) in [5.41, 5.74) is 5.52. The molecule has 7 nitrogen and oxygen atoms in total. The summed E-state index contributed by atoms with van der Waals surface area (Å²) in [4.78, 5) is 27.4. The van der Waals surface area contributed by atoms with E-state index in [1.54, 1.807) is 36.5 Å². The highest BCUT2D eigenvalue weighted by Crippen LogP contribution is 2.27. The fraction of sp³-hybridized carbons (Fsp3) is 0.312. The molecule has 1 aliphatic heterocycles.